The molecule has 0 heterocycles. The van der Waals surface area contributed by atoms with Crippen LogP contribution in [0.25, 0.3) is 0 Å². The number of carbonyl (C=O) groups excluding carboxylic acids is 2. The molecule has 0 saturated heterocycles. The lowest BCUT2D eigenvalue weighted by Gasteiger charge is -2.22. The van der Waals surface area contributed by atoms with Gasteiger partial charge in [-0.1, -0.05) is 0 Å². The minimum Gasteiger partial charge on any atom is -0.460 e. The molecular formula is C17H31N3O4. The molecule has 3 N–H and O–H groups in total. The van der Waals surface area contributed by atoms with E-state index >= 15 is 0 Å². The largest absolute Gasteiger partial charge is 0.460 e. The molecule has 0 aliphatic carbocycles. The van der Waals surface area contributed by atoms with E-state index in [4.69, 9.17) is 20.5 Å². The zero-order valence-electron chi connectivity index (χ0n) is 15.6. The van der Waals surface area contributed by atoms with Crippen molar-refractivity contribution >= 4 is 11.9 Å². The maximum absolute atomic E-state index is 11.7. The van der Waals surface area contributed by atoms with Crippen LogP contribution in [0.15, 0.2) is 0 Å². The monoisotopic (exact) mass is 341 g/mol. The fourth-order valence-electron chi connectivity index (χ4n) is 1.81. The number of nitrogens with one attached hydrogen (secondary N) is 1. The molecule has 0 aliphatic rings. The summed E-state index contributed by atoms with van der Waals surface area (Å²) in [4.78, 5) is 23.4. The number of hydrogen-bond acceptors (Lipinski definition) is 7. The van der Waals surface area contributed by atoms with Crippen molar-refractivity contribution in [3.63, 3.8) is 0 Å². The molecule has 2 unspecified atom stereocenters. The van der Waals surface area contributed by atoms with Crippen LogP contribution in [-0.2, 0) is 19.1 Å². The third-order valence-corrected chi connectivity index (χ3v) is 2.74. The van der Waals surface area contributed by atoms with Crippen molar-refractivity contribution < 1.29 is 19.1 Å². The lowest BCUT2D eigenvalue weighted by molar-refractivity contribution is -0.157. The molecule has 7 heteroatoms. The van der Waals surface area contributed by atoms with Gasteiger partial charge in [-0.05, 0) is 60.9 Å². The Morgan fingerprint density at radius 3 is 2.12 bits per heavy atom. The number of hydrogen-bond donors (Lipinski definition) is 2. The second kappa shape index (κ2) is 9.60. The summed E-state index contributed by atoms with van der Waals surface area (Å²) in [6.07, 6.45) is 1.01. The van der Waals surface area contributed by atoms with E-state index in [9.17, 15) is 9.59 Å². The molecule has 0 fully saturated rings. The summed E-state index contributed by atoms with van der Waals surface area (Å²) in [6, 6.07) is 0.702. The van der Waals surface area contributed by atoms with Crippen LogP contribution in [0.5, 0.6) is 0 Å². The summed E-state index contributed by atoms with van der Waals surface area (Å²) in [5.74, 6) is -0.861. The molecule has 7 nitrogen and oxygen atoms in total. The number of nitrogens with two attached hydrogens (primary N) is 1. The van der Waals surface area contributed by atoms with Gasteiger partial charge >= 0.3 is 11.9 Å². The van der Waals surface area contributed by atoms with Crippen LogP contribution in [0.4, 0.5) is 0 Å². The molecule has 0 saturated carbocycles. The highest BCUT2D eigenvalue weighted by atomic mass is 16.6. The van der Waals surface area contributed by atoms with Gasteiger partial charge in [0, 0.05) is 0 Å². The second-order valence-corrected chi connectivity index (χ2v) is 7.71. The molecule has 2 atom stereocenters. The molecule has 0 radical (unpaired) electrons. The van der Waals surface area contributed by atoms with Gasteiger partial charge in [-0.15, -0.1) is 0 Å². The van der Waals surface area contributed by atoms with Gasteiger partial charge in [-0.3, -0.25) is 9.59 Å². The molecule has 138 valence electrons. The van der Waals surface area contributed by atoms with Crippen LogP contribution in [-0.4, -0.2) is 41.8 Å². The van der Waals surface area contributed by atoms with Crippen LogP contribution < -0.4 is 11.1 Å². The number of nitriles is 1. The van der Waals surface area contributed by atoms with Crippen molar-refractivity contribution in [1.82, 2.24) is 5.32 Å². The Morgan fingerprint density at radius 2 is 1.67 bits per heavy atom. The van der Waals surface area contributed by atoms with Crippen LogP contribution >= 0.6 is 0 Å². The minimum absolute atomic E-state index is 0.0219. The van der Waals surface area contributed by atoms with E-state index in [0.29, 0.717) is 19.4 Å². The predicted molar refractivity (Wildman–Crippen MR) is 90.9 cm³/mol. The Labute approximate surface area is 144 Å². The maximum Gasteiger partial charge on any atom is 0.323 e. The van der Waals surface area contributed by atoms with E-state index in [2.05, 4.69) is 5.32 Å². The van der Waals surface area contributed by atoms with Gasteiger partial charge in [0.25, 0.3) is 0 Å². The number of esters is 2. The Morgan fingerprint density at radius 1 is 1.12 bits per heavy atom. The first-order chi connectivity index (χ1) is 10.8. The van der Waals surface area contributed by atoms with Crippen molar-refractivity contribution in [3.8, 4) is 6.07 Å². The van der Waals surface area contributed by atoms with Gasteiger partial charge in [0.15, 0.2) is 0 Å². The fraction of sp³-hybridized carbons (Fsp3) is 0.824. The zero-order chi connectivity index (χ0) is 19.0. The normalized spacial score (nSPS) is 14.4. The Bertz CT molecular complexity index is 458. The summed E-state index contributed by atoms with van der Waals surface area (Å²) in [5, 5.41) is 12.0. The van der Waals surface area contributed by atoms with Crippen molar-refractivity contribution in [2.24, 2.45) is 5.73 Å². The Balaban J connectivity index is 4.10. The van der Waals surface area contributed by atoms with E-state index < -0.39 is 35.2 Å². The molecule has 0 spiro atoms. The first-order valence-electron chi connectivity index (χ1n) is 8.17. The first kappa shape index (κ1) is 22.4. The average molecular weight is 341 g/mol. The van der Waals surface area contributed by atoms with Gasteiger partial charge in [-0.25, -0.2) is 0 Å². The van der Waals surface area contributed by atoms with E-state index in [0.717, 1.165) is 0 Å². The lowest BCUT2D eigenvalue weighted by Crippen LogP contribution is -2.38. The van der Waals surface area contributed by atoms with E-state index in [1.54, 1.807) is 41.5 Å². The molecule has 0 bridgehead atoms. The standard InChI is InChI=1S/C17H31N3O4/c1-16(2,3)23-14(21)10-12(11-18)20-9-7-8-13(19)15(22)24-17(4,5)6/h12-13,20H,7-10,19H2,1-6H3. The molecule has 24 heavy (non-hydrogen) atoms. The van der Waals surface area contributed by atoms with Crippen LogP contribution in [0.2, 0.25) is 0 Å². The number of ether oxygens (including phenoxy) is 2. The van der Waals surface area contributed by atoms with E-state index in [1.807, 2.05) is 6.07 Å². The Hall–Kier alpha value is -1.65. The van der Waals surface area contributed by atoms with Gasteiger partial charge < -0.3 is 20.5 Å². The van der Waals surface area contributed by atoms with Crippen LogP contribution in [0.1, 0.15) is 60.8 Å². The zero-order valence-corrected chi connectivity index (χ0v) is 15.6. The topological polar surface area (TPSA) is 114 Å². The fourth-order valence-corrected chi connectivity index (χ4v) is 1.81. The third-order valence-electron chi connectivity index (χ3n) is 2.74. The average Bonchev–Trinajstić information content (AvgIpc) is 2.37. The molecule has 0 aliphatic heterocycles. The van der Waals surface area contributed by atoms with E-state index in [1.165, 1.54) is 0 Å². The highest BCUT2D eigenvalue weighted by Crippen LogP contribution is 2.10. The summed E-state index contributed by atoms with van der Waals surface area (Å²) in [6.45, 7) is 11.2. The van der Waals surface area contributed by atoms with Crippen LogP contribution in [0, 0.1) is 11.3 Å². The molecule has 0 aromatic rings. The van der Waals surface area contributed by atoms with Crippen molar-refractivity contribution in [3.05, 3.63) is 0 Å². The SMILES string of the molecule is CC(C)(C)OC(=O)CC(C#N)NCCCC(N)C(=O)OC(C)(C)C. The highest BCUT2D eigenvalue weighted by molar-refractivity contribution is 5.75. The third kappa shape index (κ3) is 11.9. The van der Waals surface area contributed by atoms with Crippen molar-refractivity contribution in [2.75, 3.05) is 6.54 Å². The highest BCUT2D eigenvalue weighted by Gasteiger charge is 2.22. The number of nitrogens with zero attached hydrogens (tertiary/aromatic N) is 1. The van der Waals surface area contributed by atoms with Gasteiger partial charge in [0.1, 0.15) is 23.3 Å². The number of rotatable bonds is 8. The van der Waals surface area contributed by atoms with Gasteiger partial charge in [0.05, 0.1) is 12.5 Å². The number of carbonyl (C=O) groups is 2. The van der Waals surface area contributed by atoms with Gasteiger partial charge in [0.2, 0.25) is 0 Å². The summed E-state index contributed by atoms with van der Waals surface area (Å²) in [7, 11) is 0. The van der Waals surface area contributed by atoms with Crippen molar-refractivity contribution in [2.45, 2.75) is 84.1 Å². The molecule has 0 aromatic heterocycles. The summed E-state index contributed by atoms with van der Waals surface area (Å²) in [5.41, 5.74) is 4.65. The van der Waals surface area contributed by atoms with Gasteiger partial charge in [-0.2, -0.15) is 5.26 Å². The summed E-state index contributed by atoms with van der Waals surface area (Å²) >= 11 is 0. The van der Waals surface area contributed by atoms with Crippen molar-refractivity contribution in [1.29, 1.82) is 5.26 Å². The summed E-state index contributed by atoms with van der Waals surface area (Å²) < 4.78 is 10.4. The quantitative estimate of drug-likeness (QED) is 0.509. The maximum atomic E-state index is 11.7. The molecule has 0 rings (SSSR count). The van der Waals surface area contributed by atoms with E-state index in [-0.39, 0.29) is 6.42 Å². The predicted octanol–water partition coefficient (Wildman–Crippen LogP) is 1.65. The Kier molecular flexibility index (Phi) is 8.94. The molecular weight excluding hydrogens is 310 g/mol. The lowest BCUT2D eigenvalue weighted by atomic mass is 10.1. The first-order valence-corrected chi connectivity index (χ1v) is 8.17. The molecule has 0 aromatic carbocycles. The second-order valence-electron chi connectivity index (χ2n) is 7.71. The molecule has 0 amide bonds. The van der Waals surface area contributed by atoms with Crippen LogP contribution in [0.3, 0.4) is 0 Å². The minimum atomic E-state index is -0.697. The smallest absolute Gasteiger partial charge is 0.323 e.